The zero-order valence-corrected chi connectivity index (χ0v) is 26.5. The molecule has 0 unspecified atom stereocenters. The van der Waals surface area contributed by atoms with Gasteiger partial charge < -0.3 is 34.5 Å². The molecule has 2 amide bonds. The molecule has 0 bridgehead atoms. The standard InChI is InChI=1S/C13H19N3O5S.C13H21N3O3S/c1-13(2,3)21-12(17)15-6-4-9(5-7-15)20-11-10(16(18)19)8-14-22-11;1-13(2,3)19-12(17)16-6-4-9(5-7-16)18-11-10(14)8-15-20-11/h8-9H,4-7H2,1-3H3;8-9H,4-7,14H2,1-3H3. The van der Waals surface area contributed by atoms with E-state index in [4.69, 9.17) is 24.7 Å². The van der Waals surface area contributed by atoms with Gasteiger partial charge in [-0.05, 0) is 41.5 Å². The molecule has 0 spiro atoms. The summed E-state index contributed by atoms with van der Waals surface area (Å²) in [5, 5.41) is 11.7. The third-order valence-electron chi connectivity index (χ3n) is 6.01. The number of nitrogens with zero attached hydrogens (tertiary/aromatic N) is 5. The van der Waals surface area contributed by atoms with Crippen molar-refractivity contribution < 1.29 is 33.5 Å². The van der Waals surface area contributed by atoms with Crippen LogP contribution in [0, 0.1) is 10.1 Å². The lowest BCUT2D eigenvalue weighted by molar-refractivity contribution is -0.385. The van der Waals surface area contributed by atoms with E-state index in [2.05, 4.69) is 8.75 Å². The molecule has 16 heteroatoms. The summed E-state index contributed by atoms with van der Waals surface area (Å²) in [6, 6.07) is 0. The minimum atomic E-state index is -0.520. The van der Waals surface area contributed by atoms with Gasteiger partial charge in [-0.3, -0.25) is 10.1 Å². The van der Waals surface area contributed by atoms with Crippen molar-refractivity contribution in [2.45, 2.75) is 90.6 Å². The second-order valence-electron chi connectivity index (χ2n) is 11.9. The smallest absolute Gasteiger partial charge is 0.410 e. The Labute approximate surface area is 253 Å². The zero-order chi connectivity index (χ0) is 31.1. The van der Waals surface area contributed by atoms with E-state index in [9.17, 15) is 19.7 Å². The van der Waals surface area contributed by atoms with Crippen LogP contribution in [0.2, 0.25) is 0 Å². The lowest BCUT2D eigenvalue weighted by Gasteiger charge is -2.33. The first-order chi connectivity index (χ1) is 19.6. The molecule has 2 aromatic heterocycles. The van der Waals surface area contributed by atoms with Gasteiger partial charge in [0.15, 0.2) is 0 Å². The minimum absolute atomic E-state index is 0.0800. The van der Waals surface area contributed by atoms with E-state index in [1.807, 2.05) is 41.5 Å². The first-order valence-corrected chi connectivity index (χ1v) is 15.2. The molecule has 2 aromatic rings. The molecule has 2 saturated heterocycles. The maximum absolute atomic E-state index is 11.9. The van der Waals surface area contributed by atoms with Gasteiger partial charge in [-0.25, -0.2) is 9.59 Å². The number of carbonyl (C=O) groups excluding carboxylic acids is 2. The summed E-state index contributed by atoms with van der Waals surface area (Å²) >= 11 is 2.22. The number of hydrogen-bond donors (Lipinski definition) is 1. The Bertz CT molecular complexity index is 1190. The highest BCUT2D eigenvalue weighted by Gasteiger charge is 2.30. The number of nitrogen functional groups attached to an aromatic ring is 1. The van der Waals surface area contributed by atoms with E-state index in [0.717, 1.165) is 24.4 Å². The Morgan fingerprint density at radius 2 is 1.24 bits per heavy atom. The number of amides is 2. The van der Waals surface area contributed by atoms with Crippen LogP contribution < -0.4 is 15.2 Å². The summed E-state index contributed by atoms with van der Waals surface area (Å²) in [4.78, 5) is 37.5. The summed E-state index contributed by atoms with van der Waals surface area (Å²) in [6.07, 6.45) is 4.87. The molecule has 0 radical (unpaired) electrons. The second kappa shape index (κ2) is 14.2. The Morgan fingerprint density at radius 1 is 0.833 bits per heavy atom. The SMILES string of the molecule is CC(C)(C)OC(=O)N1CCC(Oc2sncc2N)CC1.CC(C)(C)OC(=O)N1CCC(Oc2sncc2[N+](=O)[O-])CC1. The number of nitro groups is 1. The fourth-order valence-corrected chi connectivity index (χ4v) is 5.27. The minimum Gasteiger partial charge on any atom is -0.478 e. The van der Waals surface area contributed by atoms with Crippen LogP contribution in [0.1, 0.15) is 67.2 Å². The lowest BCUT2D eigenvalue weighted by atomic mass is 10.1. The van der Waals surface area contributed by atoms with Crippen molar-refractivity contribution in [2.24, 2.45) is 0 Å². The number of carbonyl (C=O) groups is 2. The number of rotatable bonds is 5. The topological polar surface area (TPSA) is 172 Å². The third kappa shape index (κ3) is 10.5. The van der Waals surface area contributed by atoms with E-state index < -0.39 is 16.1 Å². The Morgan fingerprint density at radius 3 is 1.62 bits per heavy atom. The lowest BCUT2D eigenvalue weighted by Crippen LogP contribution is -2.44. The van der Waals surface area contributed by atoms with Gasteiger partial charge in [0.2, 0.25) is 5.06 Å². The van der Waals surface area contributed by atoms with Crippen LogP contribution in [0.5, 0.6) is 10.1 Å². The predicted molar refractivity (Wildman–Crippen MR) is 158 cm³/mol. The average Bonchev–Trinajstić information content (AvgIpc) is 3.52. The predicted octanol–water partition coefficient (Wildman–Crippen LogP) is 5.33. The van der Waals surface area contributed by atoms with Crippen LogP contribution in [0.3, 0.4) is 0 Å². The first-order valence-electron chi connectivity index (χ1n) is 13.7. The van der Waals surface area contributed by atoms with Crippen molar-refractivity contribution in [2.75, 3.05) is 31.9 Å². The summed E-state index contributed by atoms with van der Waals surface area (Å²) < 4.78 is 29.9. The molecule has 2 aliphatic heterocycles. The first kappa shape index (κ1) is 33.1. The second-order valence-corrected chi connectivity index (χ2v) is 13.4. The molecule has 42 heavy (non-hydrogen) atoms. The van der Waals surface area contributed by atoms with E-state index in [0.29, 0.717) is 49.8 Å². The summed E-state index contributed by atoms with van der Waals surface area (Å²) in [7, 11) is 0. The van der Waals surface area contributed by atoms with Crippen molar-refractivity contribution in [3.8, 4) is 10.1 Å². The molecule has 14 nitrogen and oxygen atoms in total. The molecular weight excluding hydrogens is 588 g/mol. The van der Waals surface area contributed by atoms with Gasteiger partial charge in [0.25, 0.3) is 5.06 Å². The van der Waals surface area contributed by atoms with Crippen LogP contribution in [0.25, 0.3) is 0 Å². The quantitative estimate of drug-likeness (QED) is 0.335. The molecule has 4 rings (SSSR count). The highest BCUT2D eigenvalue weighted by Crippen LogP contribution is 2.33. The number of anilines is 1. The Hall–Kier alpha value is -3.40. The average molecular weight is 629 g/mol. The van der Waals surface area contributed by atoms with E-state index in [1.54, 1.807) is 16.0 Å². The summed E-state index contributed by atoms with van der Waals surface area (Å²) in [5.41, 5.74) is 5.23. The largest absolute Gasteiger partial charge is 0.478 e. The van der Waals surface area contributed by atoms with Gasteiger partial charge in [-0.15, -0.1) is 0 Å². The Balaban J connectivity index is 0.000000231. The van der Waals surface area contributed by atoms with E-state index in [-0.39, 0.29) is 35.1 Å². The van der Waals surface area contributed by atoms with Gasteiger partial charge in [0, 0.05) is 74.9 Å². The van der Waals surface area contributed by atoms with Crippen LogP contribution in [0.15, 0.2) is 12.4 Å². The van der Waals surface area contributed by atoms with Crippen molar-refractivity contribution >= 4 is 46.6 Å². The van der Waals surface area contributed by atoms with E-state index in [1.165, 1.54) is 17.7 Å². The monoisotopic (exact) mass is 628 g/mol. The van der Waals surface area contributed by atoms with Crippen LogP contribution in [-0.4, -0.2) is 85.2 Å². The molecular formula is C26H40N6O8S2. The molecule has 2 N–H and O–H groups in total. The maximum Gasteiger partial charge on any atom is 0.410 e. The summed E-state index contributed by atoms with van der Waals surface area (Å²) in [5.74, 6) is 0. The Kier molecular flexibility index (Phi) is 11.2. The highest BCUT2D eigenvalue weighted by atomic mass is 32.1. The number of likely N-dealkylation sites (tertiary alicyclic amines) is 2. The third-order valence-corrected chi connectivity index (χ3v) is 7.40. The zero-order valence-electron chi connectivity index (χ0n) is 24.9. The number of hydrogen-bond acceptors (Lipinski definition) is 13. The van der Waals surface area contributed by atoms with Gasteiger partial charge in [0.1, 0.15) is 35.3 Å². The van der Waals surface area contributed by atoms with Gasteiger partial charge >= 0.3 is 17.9 Å². The molecule has 2 aliphatic rings. The van der Waals surface area contributed by atoms with Gasteiger partial charge in [-0.1, -0.05) is 0 Å². The number of nitrogens with two attached hydrogens (primary N) is 1. The molecule has 4 heterocycles. The maximum atomic E-state index is 11.9. The number of ether oxygens (including phenoxy) is 4. The molecule has 0 aliphatic carbocycles. The van der Waals surface area contributed by atoms with Gasteiger partial charge in [0.05, 0.1) is 11.1 Å². The number of aromatic nitrogens is 2. The molecule has 0 atom stereocenters. The molecule has 0 aromatic carbocycles. The fraction of sp³-hybridized carbons (Fsp3) is 0.692. The van der Waals surface area contributed by atoms with Crippen molar-refractivity contribution in [3.63, 3.8) is 0 Å². The normalized spacial score (nSPS) is 16.7. The van der Waals surface area contributed by atoms with Crippen molar-refractivity contribution in [1.29, 1.82) is 0 Å². The van der Waals surface area contributed by atoms with Gasteiger partial charge in [-0.2, -0.15) is 8.75 Å². The van der Waals surface area contributed by atoms with E-state index >= 15 is 0 Å². The highest BCUT2D eigenvalue weighted by molar-refractivity contribution is 7.08. The van der Waals surface area contributed by atoms with Crippen molar-refractivity contribution in [3.05, 3.63) is 22.5 Å². The molecule has 0 saturated carbocycles. The van der Waals surface area contributed by atoms with Crippen LogP contribution >= 0.6 is 23.1 Å². The summed E-state index contributed by atoms with van der Waals surface area (Å²) in [6.45, 7) is 13.4. The fourth-order valence-electron chi connectivity index (χ4n) is 4.02. The van der Waals surface area contributed by atoms with Crippen molar-refractivity contribution in [1.82, 2.24) is 18.5 Å². The molecule has 234 valence electrons. The van der Waals surface area contributed by atoms with Crippen LogP contribution in [0.4, 0.5) is 21.0 Å². The number of piperidine rings is 2. The molecule has 2 fully saturated rings. The van der Waals surface area contributed by atoms with Crippen LogP contribution in [-0.2, 0) is 9.47 Å².